The number of hydrogen-bond donors (Lipinski definition) is 12. The molecule has 0 bridgehead atoms. The fourth-order valence-corrected chi connectivity index (χ4v) is 11.5. The molecule has 17 unspecified atom stereocenters. The first-order valence-corrected chi connectivity index (χ1v) is 36.0. The molecule has 17 atom stereocenters. The van der Waals surface area contributed by atoms with E-state index in [0.717, 1.165) is 77.0 Å². The summed E-state index contributed by atoms with van der Waals surface area (Å²) in [5, 5.41) is 120. The molecule has 0 aliphatic carbocycles. The lowest BCUT2D eigenvalue weighted by Crippen LogP contribution is -2.66. The minimum atomic E-state index is -1.99. The Hall–Kier alpha value is -3.29. The Morgan fingerprint density at radius 3 is 1.20 bits per heavy atom. The number of unbranched alkanes of at least 4 members (excludes halogenated alkanes) is 24. The molecule has 12 N–H and O–H groups in total. The van der Waals surface area contributed by atoms with E-state index < -0.39 is 124 Å². The number of rotatable bonds is 54. The van der Waals surface area contributed by atoms with E-state index in [4.69, 9.17) is 28.4 Å². The van der Waals surface area contributed by atoms with Crippen molar-refractivity contribution in [3.63, 3.8) is 0 Å². The van der Waals surface area contributed by atoms with Crippen molar-refractivity contribution in [1.82, 2.24) is 5.32 Å². The average Bonchev–Trinajstić information content (AvgIpc) is 0.902. The van der Waals surface area contributed by atoms with Gasteiger partial charge in [0.2, 0.25) is 5.91 Å². The maximum atomic E-state index is 13.4. The van der Waals surface area contributed by atoms with Gasteiger partial charge in [-0.2, -0.15) is 0 Å². The van der Waals surface area contributed by atoms with Crippen molar-refractivity contribution in [2.75, 3.05) is 26.4 Å². The number of nitrogens with one attached hydrogen (secondary N) is 1. The van der Waals surface area contributed by atoms with Gasteiger partial charge >= 0.3 is 0 Å². The molecule has 3 aliphatic rings. The van der Waals surface area contributed by atoms with Crippen LogP contribution in [0.25, 0.3) is 0 Å². The first kappa shape index (κ1) is 83.9. The normalized spacial score (nSPS) is 28.1. The summed E-state index contributed by atoms with van der Waals surface area (Å²) >= 11 is 0. The van der Waals surface area contributed by atoms with E-state index in [1.165, 1.54) is 122 Å². The zero-order valence-corrected chi connectivity index (χ0v) is 56.7. The number of ether oxygens (including phenoxy) is 6. The average molecular weight is 1320 g/mol. The molecule has 3 fully saturated rings. The molecule has 19 heteroatoms. The Kier molecular flexibility index (Phi) is 49.4. The third kappa shape index (κ3) is 36.2. The summed E-state index contributed by atoms with van der Waals surface area (Å²) in [5.74, 6) is -0.292. The second-order valence-corrected chi connectivity index (χ2v) is 25.3. The fourth-order valence-electron chi connectivity index (χ4n) is 11.5. The molecular weight excluding hydrogens is 1190 g/mol. The minimum absolute atomic E-state index is 0.228. The van der Waals surface area contributed by atoms with Gasteiger partial charge in [-0.25, -0.2) is 0 Å². The molecule has 0 spiro atoms. The quantitative estimate of drug-likeness (QED) is 0.0199. The molecule has 536 valence electrons. The molecule has 93 heavy (non-hydrogen) atoms. The van der Waals surface area contributed by atoms with Gasteiger partial charge in [-0.3, -0.25) is 4.79 Å². The van der Waals surface area contributed by atoms with Gasteiger partial charge in [-0.05, 0) is 89.9 Å². The highest BCUT2D eigenvalue weighted by molar-refractivity contribution is 5.76. The number of carbonyl (C=O) groups excluding carboxylic acids is 1. The van der Waals surface area contributed by atoms with Crippen molar-refractivity contribution >= 4 is 5.91 Å². The van der Waals surface area contributed by atoms with Crippen molar-refractivity contribution in [3.8, 4) is 0 Å². The van der Waals surface area contributed by atoms with Gasteiger partial charge in [0.1, 0.15) is 73.2 Å². The molecule has 0 aromatic carbocycles. The Bertz CT molecular complexity index is 2060. The number of allylic oxidation sites excluding steroid dienone is 15. The van der Waals surface area contributed by atoms with Crippen LogP contribution in [-0.2, 0) is 33.2 Å². The maximum Gasteiger partial charge on any atom is 0.220 e. The van der Waals surface area contributed by atoms with Crippen molar-refractivity contribution in [2.24, 2.45) is 0 Å². The minimum Gasteiger partial charge on any atom is -0.394 e. The highest BCUT2D eigenvalue weighted by Gasteiger charge is 2.53. The SMILES string of the molecule is CC/C=C\C/C=C\C/C=C\C/C=C\C/C=C\CCCCCCCCCCCCCCCCCCCC(=O)NC(COC1OC(CO)C(OC2OC(CO)C(OC3OC(CO)C(O)C(O)C3O)C(O)C2O)C(O)C1O)C(O)/C=C/CC/C=C/CC/C=C/CCCCCCC. The van der Waals surface area contributed by atoms with Crippen LogP contribution in [0.5, 0.6) is 0 Å². The zero-order valence-electron chi connectivity index (χ0n) is 56.7. The van der Waals surface area contributed by atoms with Crippen molar-refractivity contribution in [1.29, 1.82) is 0 Å². The van der Waals surface area contributed by atoms with Crippen molar-refractivity contribution < 1.29 is 89.4 Å². The van der Waals surface area contributed by atoms with Crippen LogP contribution in [0.4, 0.5) is 0 Å². The third-order valence-electron chi connectivity index (χ3n) is 17.3. The van der Waals surface area contributed by atoms with Gasteiger partial charge in [-0.15, -0.1) is 0 Å². The van der Waals surface area contributed by atoms with Gasteiger partial charge in [0.05, 0.1) is 38.6 Å². The summed E-state index contributed by atoms with van der Waals surface area (Å²) in [5.41, 5.74) is 0. The van der Waals surface area contributed by atoms with E-state index in [-0.39, 0.29) is 18.9 Å². The number of hydrogen-bond acceptors (Lipinski definition) is 18. The van der Waals surface area contributed by atoms with Crippen LogP contribution < -0.4 is 5.32 Å². The van der Waals surface area contributed by atoms with Crippen LogP contribution in [-0.4, -0.2) is 193 Å². The highest BCUT2D eigenvalue weighted by atomic mass is 16.8. The van der Waals surface area contributed by atoms with Crippen molar-refractivity contribution in [3.05, 3.63) is 97.2 Å². The summed E-state index contributed by atoms with van der Waals surface area (Å²) in [4.78, 5) is 13.4. The molecule has 0 radical (unpaired) electrons. The number of carbonyl (C=O) groups is 1. The van der Waals surface area contributed by atoms with Gasteiger partial charge in [-0.1, -0.05) is 233 Å². The Balaban J connectivity index is 1.37. The summed E-state index contributed by atoms with van der Waals surface area (Å²) in [7, 11) is 0. The van der Waals surface area contributed by atoms with E-state index in [9.17, 15) is 61.0 Å². The van der Waals surface area contributed by atoms with Crippen LogP contribution >= 0.6 is 0 Å². The van der Waals surface area contributed by atoms with Crippen LogP contribution in [0.1, 0.15) is 232 Å². The monoisotopic (exact) mass is 1320 g/mol. The summed E-state index contributed by atoms with van der Waals surface area (Å²) < 4.78 is 34.3. The second kappa shape index (κ2) is 54.7. The summed E-state index contributed by atoms with van der Waals surface area (Å²) in [6.07, 6.45) is 45.4. The van der Waals surface area contributed by atoms with Crippen LogP contribution in [0.2, 0.25) is 0 Å². The van der Waals surface area contributed by atoms with Crippen LogP contribution in [0.3, 0.4) is 0 Å². The second-order valence-electron chi connectivity index (χ2n) is 25.3. The lowest BCUT2D eigenvalue weighted by Gasteiger charge is -2.48. The predicted octanol–water partition coefficient (Wildman–Crippen LogP) is 10.0. The third-order valence-corrected chi connectivity index (χ3v) is 17.3. The lowest BCUT2D eigenvalue weighted by molar-refractivity contribution is -0.379. The fraction of sp³-hybridized carbons (Fsp3) is 0.770. The van der Waals surface area contributed by atoms with Gasteiger partial charge in [0, 0.05) is 6.42 Å². The Morgan fingerprint density at radius 2 is 0.753 bits per heavy atom. The Labute approximate surface area is 558 Å². The van der Waals surface area contributed by atoms with Crippen molar-refractivity contribution in [2.45, 2.75) is 336 Å². The molecule has 3 heterocycles. The largest absolute Gasteiger partial charge is 0.394 e. The van der Waals surface area contributed by atoms with Gasteiger partial charge in [0.15, 0.2) is 18.9 Å². The molecule has 1 amide bonds. The molecular formula is C74H127NO18. The standard InChI is InChI=1S/C74H127NO18/c1-3-5-7-9-11-13-15-17-19-20-21-22-23-24-25-26-27-28-29-30-31-32-33-34-35-36-38-40-42-44-46-48-50-52-62(80)75-57(58(79)51-49-47-45-43-41-39-37-18-16-14-12-10-8-6-4-2)56-88-72-68(86)65(83)70(60(54-77)90-72)93-74-69(87)66(84)71(61(55-78)91-74)92-73-67(85)64(82)63(81)59(53-76)89-73/h5,7,11,13,16-19,21-22,24-25,41,43,49,51,57-61,63-74,76-79,81-87H,3-4,6,8-10,12,14-15,20,23,26-40,42,44-48,50,52-56H2,1-2H3,(H,75,80)/b7-5-,13-11-,18-16+,19-17-,22-21-,25-24-,43-41+,51-49+. The van der Waals surface area contributed by atoms with Crippen LogP contribution in [0.15, 0.2) is 97.2 Å². The van der Waals surface area contributed by atoms with Crippen LogP contribution in [0, 0.1) is 0 Å². The first-order valence-electron chi connectivity index (χ1n) is 36.0. The molecule has 3 rings (SSSR count). The van der Waals surface area contributed by atoms with E-state index in [0.29, 0.717) is 12.8 Å². The maximum absolute atomic E-state index is 13.4. The predicted molar refractivity (Wildman–Crippen MR) is 364 cm³/mol. The van der Waals surface area contributed by atoms with E-state index in [1.54, 1.807) is 6.08 Å². The van der Waals surface area contributed by atoms with E-state index in [2.05, 4.69) is 104 Å². The lowest BCUT2D eigenvalue weighted by atomic mass is 9.96. The zero-order chi connectivity index (χ0) is 67.5. The first-order chi connectivity index (χ1) is 45.3. The highest BCUT2D eigenvalue weighted by Crippen LogP contribution is 2.33. The van der Waals surface area contributed by atoms with Gasteiger partial charge in [0.25, 0.3) is 0 Å². The Morgan fingerprint density at radius 1 is 0.398 bits per heavy atom. The van der Waals surface area contributed by atoms with E-state index >= 15 is 0 Å². The molecule has 0 aromatic rings. The molecule has 19 nitrogen and oxygen atoms in total. The molecule has 3 aliphatic heterocycles. The number of aliphatic hydroxyl groups excluding tert-OH is 11. The van der Waals surface area contributed by atoms with E-state index in [1.807, 2.05) is 6.08 Å². The molecule has 0 aromatic heterocycles. The summed E-state index contributed by atoms with van der Waals surface area (Å²) in [6.45, 7) is 1.57. The molecule has 3 saturated heterocycles. The van der Waals surface area contributed by atoms with Gasteiger partial charge < -0.3 is 89.9 Å². The smallest absolute Gasteiger partial charge is 0.220 e. The summed E-state index contributed by atoms with van der Waals surface area (Å²) in [6, 6.07) is -1.00. The number of aliphatic hydroxyl groups is 11. The number of amides is 1. The topological polar surface area (TPSA) is 307 Å². The molecule has 0 saturated carbocycles.